The minimum absolute atomic E-state index is 0.00790. The molecule has 0 spiro atoms. The summed E-state index contributed by atoms with van der Waals surface area (Å²) >= 11 is 1.40. The average molecular weight is 720 g/mol. The van der Waals surface area contributed by atoms with Crippen LogP contribution in [-0.2, 0) is 28.9 Å². The van der Waals surface area contributed by atoms with Gasteiger partial charge in [-0.25, -0.2) is 22.5 Å². The normalized spacial score (nSPS) is 16.3. The summed E-state index contributed by atoms with van der Waals surface area (Å²) in [4.78, 5) is 21.4. The van der Waals surface area contributed by atoms with E-state index in [0.29, 0.717) is 66.4 Å². The molecule has 0 radical (unpaired) electrons. The van der Waals surface area contributed by atoms with Gasteiger partial charge in [0.25, 0.3) is 6.43 Å². The number of methoxy groups -OCH3 is 1. The number of aromatic nitrogens is 3. The molecule has 266 valence electrons. The third-order valence-corrected chi connectivity index (χ3v) is 10.6. The van der Waals surface area contributed by atoms with Gasteiger partial charge >= 0.3 is 0 Å². The second-order valence-corrected chi connectivity index (χ2v) is 13.6. The number of halogens is 4. The molecule has 13 heteroatoms. The van der Waals surface area contributed by atoms with Crippen LogP contribution in [-0.4, -0.2) is 83.4 Å². The van der Waals surface area contributed by atoms with Crippen molar-refractivity contribution in [1.29, 1.82) is 0 Å². The van der Waals surface area contributed by atoms with Crippen molar-refractivity contribution in [1.82, 2.24) is 24.6 Å². The van der Waals surface area contributed by atoms with Crippen molar-refractivity contribution < 1.29 is 31.8 Å². The number of carbonyl (C=O) groups is 1. The van der Waals surface area contributed by atoms with Crippen LogP contribution in [0.3, 0.4) is 0 Å². The molecule has 2 aromatic carbocycles. The highest BCUT2D eigenvalue weighted by Crippen LogP contribution is 2.47. The number of ether oxygens (including phenoxy) is 2. The van der Waals surface area contributed by atoms with E-state index in [9.17, 15) is 18.0 Å². The zero-order valence-electron chi connectivity index (χ0n) is 28.3. The van der Waals surface area contributed by atoms with Crippen molar-refractivity contribution in [3.05, 3.63) is 89.0 Å². The Morgan fingerprint density at radius 2 is 1.82 bits per heavy atom. The Bertz CT molecular complexity index is 2110. The van der Waals surface area contributed by atoms with Gasteiger partial charge in [-0.15, -0.1) is 11.3 Å². The lowest BCUT2D eigenvalue weighted by molar-refractivity contribution is -0.129. The molecule has 8 nitrogen and oxygen atoms in total. The first kappa shape index (κ1) is 34.8. The van der Waals surface area contributed by atoms with E-state index < -0.39 is 18.1 Å². The summed E-state index contributed by atoms with van der Waals surface area (Å²) in [7, 11) is 1.51. The SMILES string of the molecule is C=CC(=O)N1CCn2nc(-c3nc(-c4ccc5c(c4)CCN(CC(F)F)CC5)c4ccsc4c3-c3c(F)cc(F)cc3OCCOC)cc2[C@H]1C. The second-order valence-electron chi connectivity index (χ2n) is 12.7. The predicted molar refractivity (Wildman–Crippen MR) is 189 cm³/mol. The number of pyridine rings is 1. The molecule has 1 atom stereocenters. The van der Waals surface area contributed by atoms with Gasteiger partial charge in [-0.2, -0.15) is 5.10 Å². The first-order chi connectivity index (χ1) is 24.7. The number of hydrogen-bond acceptors (Lipinski definition) is 7. The number of nitrogens with zero attached hydrogens (tertiary/aromatic N) is 5. The van der Waals surface area contributed by atoms with Gasteiger partial charge in [-0.3, -0.25) is 14.4 Å². The Morgan fingerprint density at radius 1 is 1.02 bits per heavy atom. The van der Waals surface area contributed by atoms with Crippen LogP contribution in [0.5, 0.6) is 5.75 Å². The number of benzene rings is 2. The van der Waals surface area contributed by atoms with Crippen molar-refractivity contribution in [2.75, 3.05) is 46.5 Å². The third-order valence-electron chi connectivity index (χ3n) is 9.65. The molecule has 51 heavy (non-hydrogen) atoms. The Kier molecular flexibility index (Phi) is 9.95. The molecule has 5 aromatic rings. The highest BCUT2D eigenvalue weighted by Gasteiger charge is 2.31. The Balaban J connectivity index is 1.42. The molecule has 7 rings (SSSR count). The fraction of sp³-hybridized carbons (Fsp3) is 0.342. The number of thiophene rings is 1. The fourth-order valence-electron chi connectivity index (χ4n) is 7.14. The largest absolute Gasteiger partial charge is 0.490 e. The van der Waals surface area contributed by atoms with E-state index in [1.807, 2.05) is 41.3 Å². The van der Waals surface area contributed by atoms with Gasteiger partial charge in [0.05, 0.1) is 42.7 Å². The Morgan fingerprint density at radius 3 is 2.59 bits per heavy atom. The van der Waals surface area contributed by atoms with Crippen LogP contribution in [0.15, 0.2) is 60.5 Å². The molecule has 2 aliphatic rings. The summed E-state index contributed by atoms with van der Waals surface area (Å²) in [5, 5.41) is 7.61. The van der Waals surface area contributed by atoms with E-state index in [4.69, 9.17) is 19.6 Å². The average Bonchev–Trinajstić information content (AvgIpc) is 3.73. The second kappa shape index (κ2) is 14.6. The molecule has 0 saturated carbocycles. The zero-order chi connectivity index (χ0) is 35.8. The lowest BCUT2D eigenvalue weighted by Gasteiger charge is -2.33. The van der Waals surface area contributed by atoms with Gasteiger partial charge in [0.1, 0.15) is 35.4 Å². The minimum atomic E-state index is -2.39. The molecule has 1 amide bonds. The molecule has 2 aliphatic heterocycles. The Labute approximate surface area is 296 Å². The minimum Gasteiger partial charge on any atom is -0.490 e. The van der Waals surface area contributed by atoms with Crippen LogP contribution in [0.2, 0.25) is 0 Å². The van der Waals surface area contributed by atoms with Gasteiger partial charge in [-0.05, 0) is 60.5 Å². The molecule has 0 saturated heterocycles. The van der Waals surface area contributed by atoms with E-state index in [0.717, 1.165) is 39.9 Å². The van der Waals surface area contributed by atoms with Gasteiger partial charge < -0.3 is 14.4 Å². The highest BCUT2D eigenvalue weighted by atomic mass is 32.1. The van der Waals surface area contributed by atoms with Crippen molar-refractivity contribution in [3.8, 4) is 39.5 Å². The lowest BCUT2D eigenvalue weighted by atomic mass is 9.94. The lowest BCUT2D eigenvalue weighted by Crippen LogP contribution is -2.40. The quantitative estimate of drug-likeness (QED) is 0.0844. The smallest absolute Gasteiger partial charge is 0.251 e. The number of carbonyl (C=O) groups excluding carboxylic acids is 1. The van der Waals surface area contributed by atoms with Crippen LogP contribution < -0.4 is 4.74 Å². The highest BCUT2D eigenvalue weighted by molar-refractivity contribution is 7.18. The third kappa shape index (κ3) is 6.77. The van der Waals surface area contributed by atoms with Gasteiger partial charge in [0, 0.05) is 60.1 Å². The van der Waals surface area contributed by atoms with Crippen molar-refractivity contribution >= 4 is 27.3 Å². The van der Waals surface area contributed by atoms with E-state index >= 15 is 4.39 Å². The topological polar surface area (TPSA) is 72.7 Å². The maximum Gasteiger partial charge on any atom is 0.251 e. The maximum absolute atomic E-state index is 16.2. The van der Waals surface area contributed by atoms with Crippen LogP contribution in [0, 0.1) is 11.6 Å². The summed E-state index contributed by atoms with van der Waals surface area (Å²) in [5.74, 6) is -1.78. The van der Waals surface area contributed by atoms with Crippen LogP contribution in [0.25, 0.3) is 43.9 Å². The summed E-state index contributed by atoms with van der Waals surface area (Å²) in [6, 6.07) is 11.6. The summed E-state index contributed by atoms with van der Waals surface area (Å²) < 4.78 is 70.9. The summed E-state index contributed by atoms with van der Waals surface area (Å²) in [6.07, 6.45) is 0.170. The summed E-state index contributed by atoms with van der Waals surface area (Å²) in [5.41, 5.74) is 5.71. The molecule has 0 unspecified atom stereocenters. The molecular formula is C38H37F4N5O3S. The van der Waals surface area contributed by atoms with Gasteiger partial charge in [0.2, 0.25) is 5.91 Å². The number of alkyl halides is 2. The van der Waals surface area contributed by atoms with Crippen molar-refractivity contribution in [2.45, 2.75) is 38.8 Å². The van der Waals surface area contributed by atoms with Gasteiger partial charge in [-0.1, -0.05) is 18.7 Å². The van der Waals surface area contributed by atoms with Gasteiger partial charge in [0.15, 0.2) is 0 Å². The maximum atomic E-state index is 16.2. The molecule has 0 aliphatic carbocycles. The standard InChI is InChI=1S/C38H37F4N5O3S/c1-4-33(48)46-12-13-47-30(22(46)2)20-29(44-47)37-35(34-28(40)18-26(39)19-31(34)50-15-14-49-3)38-27(9-16-51-38)36(43-37)25-6-5-23-7-10-45(21-32(41)42)11-8-24(23)17-25/h4-6,9,16-20,22,32H,1,7-8,10-15,21H2,2-3H3/t22-/m1/s1. The summed E-state index contributed by atoms with van der Waals surface area (Å²) in [6.45, 7) is 7.52. The van der Waals surface area contributed by atoms with Crippen molar-refractivity contribution in [3.63, 3.8) is 0 Å². The molecule has 0 N–H and O–H groups in total. The van der Waals surface area contributed by atoms with Crippen LogP contribution >= 0.6 is 11.3 Å². The van der Waals surface area contributed by atoms with E-state index in [-0.39, 0.29) is 43.0 Å². The Hall–Kier alpha value is -4.59. The number of amides is 1. The van der Waals surface area contributed by atoms with E-state index in [1.54, 1.807) is 9.80 Å². The monoisotopic (exact) mass is 719 g/mol. The molecule has 0 bridgehead atoms. The van der Waals surface area contributed by atoms with Crippen LogP contribution in [0.4, 0.5) is 17.6 Å². The number of hydrogen-bond donors (Lipinski definition) is 0. The number of rotatable bonds is 10. The van der Waals surface area contributed by atoms with Crippen LogP contribution in [0.1, 0.15) is 29.8 Å². The zero-order valence-corrected chi connectivity index (χ0v) is 29.1. The number of fused-ring (bicyclic) bond motifs is 3. The van der Waals surface area contributed by atoms with E-state index in [1.165, 1.54) is 24.5 Å². The predicted octanol–water partition coefficient (Wildman–Crippen LogP) is 7.55. The van der Waals surface area contributed by atoms with Crippen molar-refractivity contribution in [2.24, 2.45) is 0 Å². The first-order valence-corrected chi connectivity index (χ1v) is 17.7. The first-order valence-electron chi connectivity index (χ1n) is 16.8. The molecular weight excluding hydrogens is 683 g/mol. The van der Waals surface area contributed by atoms with E-state index in [2.05, 4.69) is 12.6 Å². The molecule has 3 aromatic heterocycles. The molecule has 5 heterocycles. The molecule has 0 fully saturated rings. The fourth-order valence-corrected chi connectivity index (χ4v) is 8.08.